The number of nitrogens with zero attached hydrogens (tertiary/aromatic N) is 4. The molecule has 10 nitrogen and oxygen atoms in total. The molecule has 0 unspecified atom stereocenters. The third-order valence-electron chi connectivity index (χ3n) is 7.80. The van der Waals surface area contributed by atoms with Crippen molar-refractivity contribution in [2.45, 2.75) is 12.1 Å². The molecule has 4 aromatic rings. The molecule has 2 aliphatic heterocycles. The van der Waals surface area contributed by atoms with Gasteiger partial charge in [-0.2, -0.15) is 0 Å². The van der Waals surface area contributed by atoms with Gasteiger partial charge in [-0.1, -0.05) is 59.6 Å². The normalized spacial score (nSPS) is 15.0. The molecule has 0 spiro atoms. The molecule has 6 rings (SSSR count). The van der Waals surface area contributed by atoms with Crippen molar-refractivity contribution >= 4 is 35.0 Å². The molecule has 0 aliphatic carbocycles. The van der Waals surface area contributed by atoms with Crippen LogP contribution in [0.25, 0.3) is 33.6 Å². The van der Waals surface area contributed by atoms with Crippen LogP contribution in [0.4, 0.5) is 0 Å². The Kier molecular flexibility index (Phi) is 8.17. The van der Waals surface area contributed by atoms with Gasteiger partial charge >= 0.3 is 0 Å². The van der Waals surface area contributed by atoms with Gasteiger partial charge in [-0.05, 0) is 24.3 Å². The van der Waals surface area contributed by atoms with Gasteiger partial charge in [0.1, 0.15) is 11.1 Å². The molecule has 2 amide bonds. The number of hydrogen-bond donors (Lipinski definition) is 2. The molecular weight excluding hydrogens is 603 g/mol. The van der Waals surface area contributed by atoms with Gasteiger partial charge in [0.05, 0.1) is 35.7 Å². The van der Waals surface area contributed by atoms with Crippen molar-refractivity contribution in [1.29, 1.82) is 0 Å². The van der Waals surface area contributed by atoms with Gasteiger partial charge < -0.3 is 30.7 Å². The highest BCUT2D eigenvalue weighted by atomic mass is 35.5. The number of amides is 2. The summed E-state index contributed by atoms with van der Waals surface area (Å²) in [6.07, 6.45) is 0. The van der Waals surface area contributed by atoms with Crippen LogP contribution in [0, 0.1) is 0 Å². The van der Waals surface area contributed by atoms with Crippen molar-refractivity contribution in [3.05, 3.63) is 81.8 Å². The molecule has 0 atom stereocenters. The second-order valence-electron chi connectivity index (χ2n) is 10.8. The number of methoxy groups -OCH3 is 2. The molecule has 12 heteroatoms. The molecule has 2 fully saturated rings. The lowest BCUT2D eigenvalue weighted by molar-refractivity contribution is 0.0597. The van der Waals surface area contributed by atoms with Crippen LogP contribution >= 0.6 is 23.2 Å². The van der Waals surface area contributed by atoms with Gasteiger partial charge in [0.25, 0.3) is 11.8 Å². The van der Waals surface area contributed by atoms with E-state index >= 15 is 0 Å². The molecule has 0 radical (unpaired) electrons. The first-order valence-electron chi connectivity index (χ1n) is 14.0. The Morgan fingerprint density at radius 3 is 1.36 bits per heavy atom. The quantitative estimate of drug-likeness (QED) is 0.306. The molecule has 2 aliphatic rings. The van der Waals surface area contributed by atoms with E-state index in [0.29, 0.717) is 81.0 Å². The maximum absolute atomic E-state index is 12.9. The number of hydrogen-bond acceptors (Lipinski definition) is 8. The van der Waals surface area contributed by atoms with Gasteiger partial charge in [-0.15, -0.1) is 0 Å². The van der Waals surface area contributed by atoms with Crippen LogP contribution in [0.1, 0.15) is 20.7 Å². The zero-order chi connectivity index (χ0) is 31.1. The van der Waals surface area contributed by atoms with Crippen molar-refractivity contribution < 1.29 is 19.1 Å². The predicted molar refractivity (Wildman–Crippen MR) is 169 cm³/mol. The molecule has 226 valence electrons. The van der Waals surface area contributed by atoms with E-state index < -0.39 is 0 Å². The summed E-state index contributed by atoms with van der Waals surface area (Å²) < 4.78 is 11.0. The maximum atomic E-state index is 12.9. The molecule has 0 saturated carbocycles. The lowest BCUT2D eigenvalue weighted by Crippen LogP contribution is -2.57. The Labute approximate surface area is 264 Å². The van der Waals surface area contributed by atoms with E-state index in [1.807, 2.05) is 36.4 Å². The van der Waals surface area contributed by atoms with Crippen LogP contribution < -0.4 is 20.9 Å². The fraction of sp³-hybridized carbons (Fsp3) is 0.250. The first-order chi connectivity index (χ1) is 21.2. The van der Waals surface area contributed by atoms with E-state index in [1.54, 1.807) is 34.1 Å². The number of rotatable bonds is 7. The van der Waals surface area contributed by atoms with Crippen molar-refractivity contribution in [1.82, 2.24) is 19.8 Å². The van der Waals surface area contributed by atoms with Crippen molar-refractivity contribution in [2.75, 3.05) is 40.4 Å². The fourth-order valence-corrected chi connectivity index (χ4v) is 6.04. The van der Waals surface area contributed by atoms with Crippen molar-refractivity contribution in [3.63, 3.8) is 0 Å². The Hall–Kier alpha value is -4.22. The van der Waals surface area contributed by atoms with Crippen molar-refractivity contribution in [2.24, 2.45) is 11.5 Å². The number of pyridine rings is 2. The third-order valence-corrected chi connectivity index (χ3v) is 8.62. The minimum absolute atomic E-state index is 0.0134. The maximum Gasteiger partial charge on any atom is 0.259 e. The van der Waals surface area contributed by atoms with Gasteiger partial charge in [-0.25, -0.2) is 9.97 Å². The molecule has 2 saturated heterocycles. The van der Waals surface area contributed by atoms with E-state index in [9.17, 15) is 9.59 Å². The highest BCUT2D eigenvalue weighted by Gasteiger charge is 2.32. The number of halogens is 2. The average Bonchev–Trinajstić information content (AvgIpc) is 3.01. The van der Waals surface area contributed by atoms with Gasteiger partial charge in [0.15, 0.2) is 0 Å². The van der Waals surface area contributed by atoms with Crippen LogP contribution in [0.3, 0.4) is 0 Å². The minimum Gasteiger partial charge on any atom is -0.480 e. The van der Waals surface area contributed by atoms with Gasteiger partial charge in [-0.3, -0.25) is 9.59 Å². The van der Waals surface area contributed by atoms with Gasteiger partial charge in [0.2, 0.25) is 11.8 Å². The number of carbonyl (C=O) groups is 2. The summed E-state index contributed by atoms with van der Waals surface area (Å²) in [6, 6.07) is 18.0. The van der Waals surface area contributed by atoms with E-state index in [-0.39, 0.29) is 35.7 Å². The first-order valence-corrected chi connectivity index (χ1v) is 14.7. The SMILES string of the molecule is COc1nc(-c2cccc(-c3cccc(-c4ccc(C(=O)N5CC(N)C5)c(OC)n4)c3Cl)c2Cl)ccc1C(=O)N1CC(N)C1. The summed E-state index contributed by atoms with van der Waals surface area (Å²) >= 11 is 14.0. The molecule has 2 aromatic heterocycles. The Morgan fingerprint density at radius 2 is 1.02 bits per heavy atom. The fourth-order valence-electron chi connectivity index (χ4n) is 5.39. The zero-order valence-corrected chi connectivity index (χ0v) is 25.6. The van der Waals surface area contributed by atoms with Crippen LogP contribution in [-0.2, 0) is 0 Å². The highest BCUT2D eigenvalue weighted by Crippen LogP contribution is 2.42. The number of aromatic nitrogens is 2. The molecule has 44 heavy (non-hydrogen) atoms. The van der Waals surface area contributed by atoms with Crippen molar-refractivity contribution in [3.8, 4) is 45.4 Å². The Morgan fingerprint density at radius 1 is 0.659 bits per heavy atom. The molecular formula is C32H30Cl2N6O4. The first kappa shape index (κ1) is 29.8. The zero-order valence-electron chi connectivity index (χ0n) is 24.1. The third kappa shape index (κ3) is 5.35. The van der Waals surface area contributed by atoms with E-state index in [1.165, 1.54) is 14.2 Å². The second-order valence-corrected chi connectivity index (χ2v) is 11.5. The minimum atomic E-state index is -0.182. The second kappa shape index (κ2) is 12.0. The summed E-state index contributed by atoms with van der Waals surface area (Å²) in [4.78, 5) is 38.4. The summed E-state index contributed by atoms with van der Waals surface area (Å²) in [5.41, 5.74) is 16.1. The Balaban J connectivity index is 1.33. The van der Waals surface area contributed by atoms with E-state index in [0.717, 1.165) is 0 Å². The lowest BCUT2D eigenvalue weighted by atomic mass is 9.98. The van der Waals surface area contributed by atoms with Crippen LogP contribution in [0.15, 0.2) is 60.7 Å². The predicted octanol–water partition coefficient (Wildman–Crippen LogP) is 4.37. The van der Waals surface area contributed by atoms with E-state index in [4.69, 9.17) is 44.1 Å². The monoisotopic (exact) mass is 632 g/mol. The number of ether oxygens (including phenoxy) is 2. The summed E-state index contributed by atoms with van der Waals surface area (Å²) in [7, 11) is 2.94. The van der Waals surface area contributed by atoms with E-state index in [2.05, 4.69) is 9.97 Å². The lowest BCUT2D eigenvalue weighted by Gasteiger charge is -2.36. The number of nitrogens with two attached hydrogens (primary N) is 2. The molecule has 0 bridgehead atoms. The van der Waals surface area contributed by atoms with Crippen LogP contribution in [-0.4, -0.2) is 84.1 Å². The average molecular weight is 634 g/mol. The standard InChI is InChI=1S/C32H30Cl2N6O4/c1-43-29-23(31(41)39-13-17(35)14-39)9-11-25(37-29)21-7-3-5-19(27(21)33)20-6-4-8-22(28(20)34)26-12-10-24(30(38-26)44-2)32(42)40-15-18(36)16-40/h3-12,17-18H,13-16,35-36H2,1-2H3. The summed E-state index contributed by atoms with van der Waals surface area (Å²) in [5.74, 6) is 0.0404. The summed E-state index contributed by atoms with van der Waals surface area (Å²) in [6.45, 7) is 1.98. The smallest absolute Gasteiger partial charge is 0.259 e. The van der Waals surface area contributed by atoms with Crippen LogP contribution in [0.2, 0.25) is 10.0 Å². The molecule has 4 heterocycles. The topological polar surface area (TPSA) is 137 Å². The molecule has 2 aromatic carbocycles. The van der Waals surface area contributed by atoms with Crippen LogP contribution in [0.5, 0.6) is 11.8 Å². The largest absolute Gasteiger partial charge is 0.480 e. The molecule has 4 N–H and O–H groups in total. The van der Waals surface area contributed by atoms with Gasteiger partial charge in [0, 0.05) is 60.5 Å². The number of benzene rings is 2. The highest BCUT2D eigenvalue weighted by molar-refractivity contribution is 6.39. The number of likely N-dealkylation sites (tertiary alicyclic amines) is 2. The number of carbonyl (C=O) groups excluding carboxylic acids is 2. The summed E-state index contributed by atoms with van der Waals surface area (Å²) in [5, 5.41) is 0.848. The Bertz CT molecular complexity index is 1640.